The molecule has 0 radical (unpaired) electrons. The molecule has 0 aromatic heterocycles. The van der Waals surface area contributed by atoms with Gasteiger partial charge in [-0.2, -0.15) is 0 Å². The summed E-state index contributed by atoms with van der Waals surface area (Å²) in [5.41, 5.74) is 10.4. The van der Waals surface area contributed by atoms with Gasteiger partial charge >= 0.3 is 11.9 Å². The maximum absolute atomic E-state index is 10.5. The van der Waals surface area contributed by atoms with Crippen LogP contribution in [0.25, 0.3) is 0 Å². The van der Waals surface area contributed by atoms with E-state index in [4.69, 9.17) is 21.7 Å². The highest BCUT2D eigenvalue weighted by molar-refractivity contribution is 5.77. The summed E-state index contributed by atoms with van der Waals surface area (Å²) in [5.74, 6) is -3.15. The Kier molecular flexibility index (Phi) is 5.01. The van der Waals surface area contributed by atoms with Crippen LogP contribution in [0.2, 0.25) is 0 Å². The van der Waals surface area contributed by atoms with E-state index in [-0.39, 0.29) is 12.8 Å². The van der Waals surface area contributed by atoms with Gasteiger partial charge in [-0.3, -0.25) is 9.59 Å². The molecule has 1 atom stereocenters. The molecule has 0 aliphatic rings. The fourth-order valence-corrected chi connectivity index (χ4v) is 0.917. The van der Waals surface area contributed by atoms with Crippen LogP contribution in [0.3, 0.4) is 0 Å². The highest BCUT2D eigenvalue weighted by Gasteiger charge is 2.20. The van der Waals surface area contributed by atoms with Crippen molar-refractivity contribution in [3.63, 3.8) is 0 Å². The third kappa shape index (κ3) is 6.06. The van der Waals surface area contributed by atoms with E-state index in [1.807, 2.05) is 0 Å². The molecule has 0 spiro atoms. The lowest BCUT2D eigenvalue weighted by atomic mass is 9.99. The smallest absolute Gasteiger partial charge is 0.307 e. The molecule has 0 aliphatic heterocycles. The maximum atomic E-state index is 10.5. The van der Waals surface area contributed by atoms with Crippen molar-refractivity contribution in [2.75, 3.05) is 0 Å². The number of hydrogen-bond acceptors (Lipinski definition) is 4. The summed E-state index contributed by atoms with van der Waals surface area (Å²) in [6.45, 7) is 0. The van der Waals surface area contributed by atoms with E-state index in [0.717, 1.165) is 0 Å². The summed E-state index contributed by atoms with van der Waals surface area (Å²) < 4.78 is 0. The average molecular weight is 190 g/mol. The molecule has 0 aromatic rings. The van der Waals surface area contributed by atoms with Crippen LogP contribution in [0, 0.1) is 5.92 Å². The monoisotopic (exact) mass is 190 g/mol. The SMILES string of the molecule is NC(N)CCC(CC(=O)O)C(=O)O. The molecule has 0 saturated heterocycles. The molecule has 0 fully saturated rings. The topological polar surface area (TPSA) is 127 Å². The molecule has 1 unspecified atom stereocenters. The van der Waals surface area contributed by atoms with Crippen molar-refractivity contribution in [3.8, 4) is 0 Å². The van der Waals surface area contributed by atoms with E-state index >= 15 is 0 Å². The first-order chi connectivity index (χ1) is 5.93. The van der Waals surface area contributed by atoms with E-state index < -0.39 is 24.0 Å². The lowest BCUT2D eigenvalue weighted by Gasteiger charge is -2.10. The van der Waals surface area contributed by atoms with Crippen molar-refractivity contribution in [3.05, 3.63) is 0 Å². The van der Waals surface area contributed by atoms with Crippen molar-refractivity contribution in [1.82, 2.24) is 0 Å². The molecular weight excluding hydrogens is 176 g/mol. The maximum Gasteiger partial charge on any atom is 0.307 e. The first kappa shape index (κ1) is 11.9. The Morgan fingerprint density at radius 3 is 2.00 bits per heavy atom. The number of carboxylic acid groups (broad SMARTS) is 2. The number of aliphatic carboxylic acids is 2. The van der Waals surface area contributed by atoms with E-state index in [1.165, 1.54) is 0 Å². The number of carbonyl (C=O) groups is 2. The Morgan fingerprint density at radius 1 is 1.15 bits per heavy atom. The molecule has 0 aliphatic carbocycles. The van der Waals surface area contributed by atoms with Gasteiger partial charge in [-0.25, -0.2) is 0 Å². The summed E-state index contributed by atoms with van der Waals surface area (Å²) in [6.07, 6.45) is -0.471. The lowest BCUT2D eigenvalue weighted by molar-refractivity contribution is -0.148. The standard InChI is InChI=1S/C7H14N2O4/c8-5(9)2-1-4(7(12)13)3-6(10)11/h4-5H,1-3,8-9H2,(H,10,11)(H,12,13). The lowest BCUT2D eigenvalue weighted by Crippen LogP contribution is -2.31. The van der Waals surface area contributed by atoms with Gasteiger partial charge in [-0.15, -0.1) is 0 Å². The Balaban J connectivity index is 3.95. The molecule has 6 heteroatoms. The van der Waals surface area contributed by atoms with Gasteiger partial charge in [0.2, 0.25) is 0 Å². The van der Waals surface area contributed by atoms with E-state index in [0.29, 0.717) is 6.42 Å². The fraction of sp³-hybridized carbons (Fsp3) is 0.714. The van der Waals surface area contributed by atoms with Crippen molar-refractivity contribution >= 4 is 11.9 Å². The van der Waals surface area contributed by atoms with Crippen molar-refractivity contribution < 1.29 is 19.8 Å². The Labute approximate surface area is 75.5 Å². The zero-order valence-electron chi connectivity index (χ0n) is 7.14. The molecule has 76 valence electrons. The second-order valence-corrected chi connectivity index (χ2v) is 2.87. The van der Waals surface area contributed by atoms with Crippen molar-refractivity contribution in [2.24, 2.45) is 17.4 Å². The molecule has 0 saturated carbocycles. The van der Waals surface area contributed by atoms with Gasteiger partial charge in [0.05, 0.1) is 18.5 Å². The number of rotatable bonds is 6. The fourth-order valence-electron chi connectivity index (χ4n) is 0.917. The quantitative estimate of drug-likeness (QED) is 0.405. The van der Waals surface area contributed by atoms with Crippen molar-refractivity contribution in [2.45, 2.75) is 25.4 Å². The highest BCUT2D eigenvalue weighted by atomic mass is 16.4. The second-order valence-electron chi connectivity index (χ2n) is 2.87. The van der Waals surface area contributed by atoms with Gasteiger partial charge in [-0.1, -0.05) is 0 Å². The van der Waals surface area contributed by atoms with Gasteiger partial charge in [0.15, 0.2) is 0 Å². The minimum atomic E-state index is -1.13. The minimum absolute atomic E-state index is 0.194. The average Bonchev–Trinajstić information content (AvgIpc) is 1.96. The number of hydrogen-bond donors (Lipinski definition) is 4. The first-order valence-electron chi connectivity index (χ1n) is 3.89. The molecule has 0 aromatic carbocycles. The predicted octanol–water partition coefficient (Wildman–Crippen LogP) is -0.814. The predicted molar refractivity (Wildman–Crippen MR) is 44.8 cm³/mol. The molecule has 0 heterocycles. The van der Waals surface area contributed by atoms with Crippen LogP contribution in [0.5, 0.6) is 0 Å². The Hall–Kier alpha value is -1.14. The van der Waals surface area contributed by atoms with E-state index in [1.54, 1.807) is 0 Å². The summed E-state index contributed by atoms with van der Waals surface area (Å²) in [7, 11) is 0. The largest absolute Gasteiger partial charge is 0.481 e. The van der Waals surface area contributed by atoms with E-state index in [9.17, 15) is 9.59 Å². The molecule has 0 amide bonds. The minimum Gasteiger partial charge on any atom is -0.481 e. The van der Waals surface area contributed by atoms with Gasteiger partial charge < -0.3 is 21.7 Å². The summed E-state index contributed by atoms with van der Waals surface area (Å²) in [6, 6.07) is 0. The van der Waals surface area contributed by atoms with Crippen LogP contribution in [0.4, 0.5) is 0 Å². The molecule has 0 bridgehead atoms. The van der Waals surface area contributed by atoms with Crippen LogP contribution >= 0.6 is 0 Å². The summed E-state index contributed by atoms with van der Waals surface area (Å²) in [5, 5.41) is 17.0. The van der Waals surface area contributed by atoms with Gasteiger partial charge in [-0.05, 0) is 12.8 Å². The molecule has 6 nitrogen and oxygen atoms in total. The highest BCUT2D eigenvalue weighted by Crippen LogP contribution is 2.11. The number of carboxylic acids is 2. The molecular formula is C7H14N2O4. The van der Waals surface area contributed by atoms with Crippen LogP contribution in [0.15, 0.2) is 0 Å². The third-order valence-corrected chi connectivity index (χ3v) is 1.62. The summed E-state index contributed by atoms with van der Waals surface area (Å²) in [4.78, 5) is 20.7. The van der Waals surface area contributed by atoms with Crippen LogP contribution < -0.4 is 11.5 Å². The van der Waals surface area contributed by atoms with Crippen molar-refractivity contribution in [1.29, 1.82) is 0 Å². The third-order valence-electron chi connectivity index (χ3n) is 1.62. The van der Waals surface area contributed by atoms with Gasteiger partial charge in [0.25, 0.3) is 0 Å². The Bertz CT molecular complexity index is 193. The Morgan fingerprint density at radius 2 is 1.69 bits per heavy atom. The first-order valence-corrected chi connectivity index (χ1v) is 3.89. The molecule has 0 rings (SSSR count). The van der Waals surface area contributed by atoms with Crippen LogP contribution in [-0.2, 0) is 9.59 Å². The summed E-state index contributed by atoms with van der Waals surface area (Å²) >= 11 is 0. The second kappa shape index (κ2) is 5.50. The van der Waals surface area contributed by atoms with Crippen LogP contribution in [0.1, 0.15) is 19.3 Å². The van der Waals surface area contributed by atoms with Crippen LogP contribution in [-0.4, -0.2) is 28.3 Å². The van der Waals surface area contributed by atoms with E-state index in [2.05, 4.69) is 0 Å². The zero-order valence-corrected chi connectivity index (χ0v) is 7.14. The zero-order chi connectivity index (χ0) is 10.4. The molecule has 6 N–H and O–H groups in total. The van der Waals surface area contributed by atoms with Gasteiger partial charge in [0.1, 0.15) is 0 Å². The number of nitrogens with two attached hydrogens (primary N) is 2. The van der Waals surface area contributed by atoms with Gasteiger partial charge in [0, 0.05) is 0 Å². The normalized spacial score (nSPS) is 12.8. The molecule has 13 heavy (non-hydrogen) atoms.